The minimum atomic E-state index is -0.368. The Morgan fingerprint density at radius 3 is 2.68 bits per heavy atom. The summed E-state index contributed by atoms with van der Waals surface area (Å²) < 4.78 is 11.0. The fraction of sp³-hybridized carbons (Fsp3) is 0.143. The van der Waals surface area contributed by atoms with Gasteiger partial charge in [-0.05, 0) is 35.5 Å². The first-order valence-electron chi connectivity index (χ1n) is 8.44. The SMILES string of the molecule is C=CCOc1c(/C=C2\SC(=O)N(Cc3ccccc3Cl)C2=O)cccc1OC. The molecule has 1 heterocycles. The average molecular weight is 416 g/mol. The zero-order chi connectivity index (χ0) is 20.1. The molecule has 0 unspecified atom stereocenters. The van der Waals surface area contributed by atoms with E-state index in [4.69, 9.17) is 21.1 Å². The lowest BCUT2D eigenvalue weighted by molar-refractivity contribution is -0.123. The van der Waals surface area contributed by atoms with Gasteiger partial charge in [0.25, 0.3) is 11.1 Å². The third-order valence-corrected chi connectivity index (χ3v) is 5.30. The number of hydrogen-bond acceptors (Lipinski definition) is 5. The largest absolute Gasteiger partial charge is 0.493 e. The molecule has 2 aromatic rings. The highest BCUT2D eigenvalue weighted by molar-refractivity contribution is 8.18. The number of methoxy groups -OCH3 is 1. The van der Waals surface area contributed by atoms with Gasteiger partial charge in [0.05, 0.1) is 18.6 Å². The van der Waals surface area contributed by atoms with Gasteiger partial charge in [-0.1, -0.05) is 54.6 Å². The first-order valence-corrected chi connectivity index (χ1v) is 9.64. The summed E-state index contributed by atoms with van der Waals surface area (Å²) in [7, 11) is 1.54. The third-order valence-electron chi connectivity index (χ3n) is 4.02. The summed E-state index contributed by atoms with van der Waals surface area (Å²) in [4.78, 5) is 26.7. The third kappa shape index (κ3) is 4.24. The molecule has 0 atom stereocenters. The lowest BCUT2D eigenvalue weighted by atomic mass is 10.1. The van der Waals surface area contributed by atoms with E-state index in [9.17, 15) is 9.59 Å². The monoisotopic (exact) mass is 415 g/mol. The number of imide groups is 1. The number of halogens is 1. The molecule has 28 heavy (non-hydrogen) atoms. The number of nitrogens with zero attached hydrogens (tertiary/aromatic N) is 1. The highest BCUT2D eigenvalue weighted by Crippen LogP contribution is 2.38. The summed E-state index contributed by atoms with van der Waals surface area (Å²) in [5, 5.41) is 0.172. The van der Waals surface area contributed by atoms with Crippen molar-refractivity contribution in [3.63, 3.8) is 0 Å². The predicted molar refractivity (Wildman–Crippen MR) is 112 cm³/mol. The van der Waals surface area contributed by atoms with Gasteiger partial charge in [0.15, 0.2) is 11.5 Å². The van der Waals surface area contributed by atoms with Crippen molar-refractivity contribution in [2.24, 2.45) is 0 Å². The molecule has 7 heteroatoms. The Morgan fingerprint density at radius 1 is 1.18 bits per heavy atom. The highest BCUT2D eigenvalue weighted by atomic mass is 35.5. The summed E-state index contributed by atoms with van der Waals surface area (Å²) in [5.41, 5.74) is 1.36. The van der Waals surface area contributed by atoms with Gasteiger partial charge < -0.3 is 9.47 Å². The van der Waals surface area contributed by atoms with E-state index in [-0.39, 0.29) is 24.3 Å². The number of amides is 2. The van der Waals surface area contributed by atoms with Gasteiger partial charge >= 0.3 is 0 Å². The Bertz CT molecular complexity index is 957. The van der Waals surface area contributed by atoms with Crippen LogP contribution in [0.3, 0.4) is 0 Å². The fourth-order valence-electron chi connectivity index (χ4n) is 2.68. The van der Waals surface area contributed by atoms with Crippen LogP contribution in [-0.4, -0.2) is 29.8 Å². The van der Waals surface area contributed by atoms with Crippen LogP contribution in [0, 0.1) is 0 Å². The minimum Gasteiger partial charge on any atom is -0.493 e. The Kier molecular flexibility index (Phi) is 6.44. The van der Waals surface area contributed by atoms with Crippen molar-refractivity contribution in [2.45, 2.75) is 6.54 Å². The van der Waals surface area contributed by atoms with Crippen LogP contribution in [0.1, 0.15) is 11.1 Å². The molecule has 1 aliphatic rings. The number of rotatable bonds is 7. The Morgan fingerprint density at radius 2 is 1.96 bits per heavy atom. The molecule has 1 saturated heterocycles. The maximum atomic E-state index is 12.8. The summed E-state index contributed by atoms with van der Waals surface area (Å²) in [6, 6.07) is 12.5. The van der Waals surface area contributed by atoms with Gasteiger partial charge in [-0.2, -0.15) is 0 Å². The number of thioether (sulfide) groups is 1. The molecule has 2 aromatic carbocycles. The Hall–Kier alpha value is -2.70. The van der Waals surface area contributed by atoms with Crippen LogP contribution in [0.15, 0.2) is 60.0 Å². The van der Waals surface area contributed by atoms with Crippen LogP contribution < -0.4 is 9.47 Å². The Labute approximate surface area is 172 Å². The van der Waals surface area contributed by atoms with Crippen molar-refractivity contribution >= 4 is 40.6 Å². The van der Waals surface area contributed by atoms with Gasteiger partial charge in [-0.15, -0.1) is 0 Å². The average Bonchev–Trinajstić information content (AvgIpc) is 2.95. The molecule has 5 nitrogen and oxygen atoms in total. The summed E-state index contributed by atoms with van der Waals surface area (Å²) >= 11 is 7.04. The maximum absolute atomic E-state index is 12.8. The van der Waals surface area contributed by atoms with E-state index in [1.165, 1.54) is 12.0 Å². The molecule has 2 amide bonds. The summed E-state index contributed by atoms with van der Waals surface area (Å²) in [6.45, 7) is 4.05. The van der Waals surface area contributed by atoms with Crippen LogP contribution in [0.25, 0.3) is 6.08 Å². The van der Waals surface area contributed by atoms with Gasteiger partial charge in [0.2, 0.25) is 0 Å². The van der Waals surface area contributed by atoms with Crippen molar-refractivity contribution in [1.82, 2.24) is 4.90 Å². The van der Waals surface area contributed by atoms with E-state index in [0.29, 0.717) is 32.6 Å². The van der Waals surface area contributed by atoms with Crippen LogP contribution in [-0.2, 0) is 11.3 Å². The van der Waals surface area contributed by atoms with Crippen molar-refractivity contribution in [3.05, 3.63) is 76.2 Å². The molecule has 0 radical (unpaired) electrons. The van der Waals surface area contributed by atoms with E-state index in [2.05, 4.69) is 6.58 Å². The second kappa shape index (κ2) is 8.99. The maximum Gasteiger partial charge on any atom is 0.293 e. The van der Waals surface area contributed by atoms with E-state index >= 15 is 0 Å². The molecule has 0 saturated carbocycles. The zero-order valence-electron chi connectivity index (χ0n) is 15.2. The van der Waals surface area contributed by atoms with E-state index in [1.807, 2.05) is 6.07 Å². The molecule has 1 fully saturated rings. The van der Waals surface area contributed by atoms with Gasteiger partial charge in [-0.25, -0.2) is 0 Å². The highest BCUT2D eigenvalue weighted by Gasteiger charge is 2.35. The normalized spacial score (nSPS) is 15.2. The number of carbonyl (C=O) groups is 2. The summed E-state index contributed by atoms with van der Waals surface area (Å²) in [6.07, 6.45) is 3.26. The number of hydrogen-bond donors (Lipinski definition) is 0. The van der Waals surface area contributed by atoms with Crippen molar-refractivity contribution in [2.75, 3.05) is 13.7 Å². The molecular formula is C21H18ClNO4S. The number of ether oxygens (including phenoxy) is 2. The van der Waals surface area contributed by atoms with Gasteiger partial charge in [0.1, 0.15) is 6.61 Å². The number of benzene rings is 2. The van der Waals surface area contributed by atoms with Gasteiger partial charge in [0, 0.05) is 10.6 Å². The lowest BCUT2D eigenvalue weighted by Crippen LogP contribution is -2.27. The fourth-order valence-corrected chi connectivity index (χ4v) is 3.70. The summed E-state index contributed by atoms with van der Waals surface area (Å²) in [5.74, 6) is 0.654. The molecule has 0 aromatic heterocycles. The van der Waals surface area contributed by atoms with E-state index < -0.39 is 0 Å². The molecule has 3 rings (SSSR count). The molecule has 144 valence electrons. The molecule has 0 N–H and O–H groups in total. The molecule has 0 aliphatic carbocycles. The van der Waals surface area contributed by atoms with Crippen molar-refractivity contribution in [1.29, 1.82) is 0 Å². The smallest absolute Gasteiger partial charge is 0.293 e. The second-order valence-electron chi connectivity index (χ2n) is 5.84. The van der Waals surface area contributed by atoms with Crippen LogP contribution in [0.5, 0.6) is 11.5 Å². The van der Waals surface area contributed by atoms with Gasteiger partial charge in [-0.3, -0.25) is 14.5 Å². The quantitative estimate of drug-likeness (QED) is 0.462. The number of carbonyl (C=O) groups excluding carboxylic acids is 2. The minimum absolute atomic E-state index is 0.125. The van der Waals surface area contributed by atoms with Crippen LogP contribution >= 0.6 is 23.4 Å². The lowest BCUT2D eigenvalue weighted by Gasteiger charge is -2.14. The predicted octanol–water partition coefficient (Wildman–Crippen LogP) is 5.15. The zero-order valence-corrected chi connectivity index (χ0v) is 16.8. The van der Waals surface area contributed by atoms with E-state index in [1.54, 1.807) is 48.6 Å². The van der Waals surface area contributed by atoms with Crippen molar-refractivity contribution < 1.29 is 19.1 Å². The first kappa shape index (κ1) is 20.0. The molecule has 0 bridgehead atoms. The molecular weight excluding hydrogens is 398 g/mol. The standard InChI is InChI=1S/C21H18ClNO4S/c1-3-11-27-19-14(8-6-10-17(19)26-2)12-18-20(24)23(21(25)28-18)13-15-7-4-5-9-16(15)22/h3-10,12H,1,11,13H2,2H3/b18-12-. The first-order chi connectivity index (χ1) is 13.5. The van der Waals surface area contributed by atoms with Crippen LogP contribution in [0.4, 0.5) is 4.79 Å². The molecule has 1 aliphatic heterocycles. The molecule has 0 spiro atoms. The Balaban J connectivity index is 1.90. The topological polar surface area (TPSA) is 55.8 Å². The number of para-hydroxylation sites is 1. The second-order valence-corrected chi connectivity index (χ2v) is 7.24. The van der Waals surface area contributed by atoms with Crippen molar-refractivity contribution in [3.8, 4) is 11.5 Å². The van der Waals surface area contributed by atoms with E-state index in [0.717, 1.165) is 11.8 Å². The van der Waals surface area contributed by atoms with Crippen LogP contribution in [0.2, 0.25) is 5.02 Å².